The van der Waals surface area contributed by atoms with Crippen LogP contribution in [0.3, 0.4) is 0 Å². The summed E-state index contributed by atoms with van der Waals surface area (Å²) in [6.45, 7) is 5.79. The van der Waals surface area contributed by atoms with Crippen molar-refractivity contribution < 1.29 is 14.3 Å². The van der Waals surface area contributed by atoms with E-state index in [-0.39, 0.29) is 24.5 Å². The lowest BCUT2D eigenvalue weighted by Crippen LogP contribution is -2.50. The average Bonchev–Trinajstić information content (AvgIpc) is 2.71. The first-order valence-corrected chi connectivity index (χ1v) is 10.7. The second-order valence-corrected chi connectivity index (χ2v) is 8.24. The van der Waals surface area contributed by atoms with Gasteiger partial charge in [0, 0.05) is 22.1 Å². The molecule has 0 saturated heterocycles. The number of nitrogens with zero attached hydrogens (tertiary/aromatic N) is 1. The lowest BCUT2D eigenvalue weighted by atomic mass is 10.1. The Morgan fingerprint density at radius 1 is 1.17 bits per heavy atom. The monoisotopic (exact) mass is 480 g/mol. The van der Waals surface area contributed by atoms with Crippen molar-refractivity contribution in [1.29, 1.82) is 0 Å². The van der Waals surface area contributed by atoms with Gasteiger partial charge in [0.2, 0.25) is 5.91 Å². The number of ether oxygens (including phenoxy) is 1. The molecule has 2 aromatic carbocycles. The standard InChI is InChI=1S/C22H26BrClN2O3/c1-4-15(2)25-22(28)16(3)26(13-17-8-10-18(23)11-9-17)21(27)14-29-20-7-5-6-19(24)12-20/h5-12,15-16H,4,13-14H2,1-3H3,(H,25,28)/t15-,16+/m1/s1. The van der Waals surface area contributed by atoms with Crippen molar-refractivity contribution in [2.75, 3.05) is 6.61 Å². The number of carbonyl (C=O) groups is 2. The van der Waals surface area contributed by atoms with Crippen LogP contribution in [0, 0.1) is 0 Å². The number of halogens is 2. The Kier molecular flexibility index (Phi) is 8.99. The molecule has 2 amide bonds. The summed E-state index contributed by atoms with van der Waals surface area (Å²) in [4.78, 5) is 27.1. The van der Waals surface area contributed by atoms with Crippen LogP contribution in [-0.4, -0.2) is 35.4 Å². The highest BCUT2D eigenvalue weighted by Crippen LogP contribution is 2.18. The Hall–Kier alpha value is -2.05. The van der Waals surface area contributed by atoms with Crippen molar-refractivity contribution in [2.24, 2.45) is 0 Å². The lowest BCUT2D eigenvalue weighted by Gasteiger charge is -2.29. The zero-order valence-electron chi connectivity index (χ0n) is 16.8. The van der Waals surface area contributed by atoms with Gasteiger partial charge in [-0.3, -0.25) is 9.59 Å². The molecule has 2 aromatic rings. The third-order valence-electron chi connectivity index (χ3n) is 4.59. The molecule has 0 aliphatic rings. The fourth-order valence-electron chi connectivity index (χ4n) is 2.62. The molecule has 0 fully saturated rings. The van der Waals surface area contributed by atoms with E-state index >= 15 is 0 Å². The minimum absolute atomic E-state index is 0.0392. The number of amides is 2. The molecule has 0 aliphatic carbocycles. The van der Waals surface area contributed by atoms with Gasteiger partial charge in [-0.2, -0.15) is 0 Å². The van der Waals surface area contributed by atoms with Crippen molar-refractivity contribution in [3.8, 4) is 5.75 Å². The highest BCUT2D eigenvalue weighted by atomic mass is 79.9. The number of hydrogen-bond acceptors (Lipinski definition) is 3. The largest absolute Gasteiger partial charge is 0.484 e. The van der Waals surface area contributed by atoms with Crippen LogP contribution in [0.5, 0.6) is 5.75 Å². The van der Waals surface area contributed by atoms with Crippen LogP contribution < -0.4 is 10.1 Å². The van der Waals surface area contributed by atoms with Crippen LogP contribution in [0.4, 0.5) is 0 Å². The van der Waals surface area contributed by atoms with Crippen LogP contribution >= 0.6 is 27.5 Å². The molecule has 7 heteroatoms. The third kappa shape index (κ3) is 7.37. The number of carbonyl (C=O) groups excluding carboxylic acids is 2. The van der Waals surface area contributed by atoms with Crippen molar-refractivity contribution in [1.82, 2.24) is 10.2 Å². The normalized spacial score (nSPS) is 12.7. The average molecular weight is 482 g/mol. The number of benzene rings is 2. The van der Waals surface area contributed by atoms with Gasteiger partial charge in [-0.1, -0.05) is 52.7 Å². The third-order valence-corrected chi connectivity index (χ3v) is 5.36. The van der Waals surface area contributed by atoms with E-state index in [1.807, 2.05) is 38.1 Å². The maximum Gasteiger partial charge on any atom is 0.261 e. The quantitative estimate of drug-likeness (QED) is 0.559. The summed E-state index contributed by atoms with van der Waals surface area (Å²) in [7, 11) is 0. The van der Waals surface area contributed by atoms with Crippen LogP contribution in [0.1, 0.15) is 32.8 Å². The first kappa shape index (κ1) is 23.2. The molecule has 0 saturated carbocycles. The van der Waals surface area contributed by atoms with Gasteiger partial charge in [0.1, 0.15) is 11.8 Å². The lowest BCUT2D eigenvalue weighted by molar-refractivity contribution is -0.142. The zero-order valence-corrected chi connectivity index (χ0v) is 19.2. The van der Waals surface area contributed by atoms with Crippen LogP contribution in [0.15, 0.2) is 53.0 Å². The van der Waals surface area contributed by atoms with Crippen LogP contribution in [-0.2, 0) is 16.1 Å². The smallest absolute Gasteiger partial charge is 0.261 e. The van der Waals surface area contributed by atoms with Gasteiger partial charge in [-0.05, 0) is 56.2 Å². The van der Waals surface area contributed by atoms with Gasteiger partial charge >= 0.3 is 0 Å². The molecule has 156 valence electrons. The molecular formula is C22H26BrClN2O3. The van der Waals surface area contributed by atoms with Gasteiger partial charge in [-0.15, -0.1) is 0 Å². The second-order valence-electron chi connectivity index (χ2n) is 6.89. The summed E-state index contributed by atoms with van der Waals surface area (Å²) in [5.74, 6) is 0.0402. The maximum absolute atomic E-state index is 13.0. The van der Waals surface area contributed by atoms with Gasteiger partial charge in [0.25, 0.3) is 5.91 Å². The molecule has 1 N–H and O–H groups in total. The Labute approximate surface area is 185 Å². The molecule has 0 heterocycles. The van der Waals surface area contributed by atoms with Gasteiger partial charge < -0.3 is 15.0 Å². The number of hydrogen-bond donors (Lipinski definition) is 1. The minimum atomic E-state index is -0.636. The fourth-order valence-corrected chi connectivity index (χ4v) is 3.06. The molecule has 0 spiro atoms. The van der Waals surface area contributed by atoms with E-state index in [2.05, 4.69) is 21.2 Å². The van der Waals surface area contributed by atoms with E-state index in [1.54, 1.807) is 31.2 Å². The van der Waals surface area contributed by atoms with Crippen molar-refractivity contribution in [2.45, 2.75) is 45.8 Å². The van der Waals surface area contributed by atoms with Crippen molar-refractivity contribution in [3.63, 3.8) is 0 Å². The maximum atomic E-state index is 13.0. The molecule has 0 unspecified atom stereocenters. The first-order chi connectivity index (χ1) is 13.8. The van der Waals surface area contributed by atoms with E-state index in [0.717, 1.165) is 16.5 Å². The summed E-state index contributed by atoms with van der Waals surface area (Å²) in [5.41, 5.74) is 0.924. The van der Waals surface area contributed by atoms with Gasteiger partial charge in [0.05, 0.1) is 0 Å². The van der Waals surface area contributed by atoms with Crippen molar-refractivity contribution >= 4 is 39.3 Å². The highest BCUT2D eigenvalue weighted by molar-refractivity contribution is 9.10. The Morgan fingerprint density at radius 3 is 2.48 bits per heavy atom. The minimum Gasteiger partial charge on any atom is -0.484 e. The predicted molar refractivity (Wildman–Crippen MR) is 119 cm³/mol. The van der Waals surface area contributed by atoms with E-state index in [0.29, 0.717) is 17.3 Å². The van der Waals surface area contributed by atoms with Gasteiger partial charge in [0.15, 0.2) is 6.61 Å². The summed E-state index contributed by atoms with van der Waals surface area (Å²) < 4.78 is 6.55. The number of rotatable bonds is 9. The summed E-state index contributed by atoms with van der Waals surface area (Å²) in [5, 5.41) is 3.47. The first-order valence-electron chi connectivity index (χ1n) is 9.52. The summed E-state index contributed by atoms with van der Waals surface area (Å²) in [6.07, 6.45) is 0.816. The Balaban J connectivity index is 2.14. The van der Waals surface area contributed by atoms with E-state index < -0.39 is 6.04 Å². The Bertz CT molecular complexity index is 829. The van der Waals surface area contributed by atoms with Crippen LogP contribution in [0.25, 0.3) is 0 Å². The van der Waals surface area contributed by atoms with Gasteiger partial charge in [-0.25, -0.2) is 0 Å². The SMILES string of the molecule is CC[C@@H](C)NC(=O)[C@H](C)N(Cc1ccc(Br)cc1)C(=O)COc1cccc(Cl)c1. The molecule has 0 radical (unpaired) electrons. The molecule has 5 nitrogen and oxygen atoms in total. The molecule has 0 aliphatic heterocycles. The summed E-state index contributed by atoms with van der Waals surface area (Å²) >= 11 is 9.37. The molecular weight excluding hydrogens is 456 g/mol. The molecule has 0 aromatic heterocycles. The molecule has 29 heavy (non-hydrogen) atoms. The zero-order chi connectivity index (χ0) is 21.4. The van der Waals surface area contributed by atoms with Crippen LogP contribution in [0.2, 0.25) is 5.02 Å². The summed E-state index contributed by atoms with van der Waals surface area (Å²) in [6, 6.07) is 13.9. The predicted octanol–water partition coefficient (Wildman–Crippen LogP) is 4.81. The van der Waals surface area contributed by atoms with Crippen molar-refractivity contribution in [3.05, 3.63) is 63.6 Å². The Morgan fingerprint density at radius 2 is 1.86 bits per heavy atom. The fraction of sp³-hybridized carbons (Fsp3) is 0.364. The highest BCUT2D eigenvalue weighted by Gasteiger charge is 2.27. The molecule has 0 bridgehead atoms. The molecule has 2 rings (SSSR count). The second kappa shape index (κ2) is 11.2. The molecule has 2 atom stereocenters. The number of nitrogens with one attached hydrogen (secondary N) is 1. The van der Waals surface area contributed by atoms with E-state index in [4.69, 9.17) is 16.3 Å². The van der Waals surface area contributed by atoms with E-state index in [1.165, 1.54) is 4.90 Å². The van der Waals surface area contributed by atoms with E-state index in [9.17, 15) is 9.59 Å². The topological polar surface area (TPSA) is 58.6 Å².